The normalized spacial score (nSPS) is 29.7. The van der Waals surface area contributed by atoms with Gasteiger partial charge in [-0.25, -0.2) is 4.79 Å². The molecule has 0 saturated carbocycles. The van der Waals surface area contributed by atoms with E-state index >= 15 is 0 Å². The van der Waals surface area contributed by atoms with E-state index in [2.05, 4.69) is 0 Å². The third-order valence-corrected chi connectivity index (χ3v) is 4.06. The minimum Gasteiger partial charge on any atom is -0.453 e. The van der Waals surface area contributed by atoms with Crippen LogP contribution in [0, 0.1) is 0 Å². The van der Waals surface area contributed by atoms with E-state index in [4.69, 9.17) is 28.4 Å². The van der Waals surface area contributed by atoms with Gasteiger partial charge in [0.1, 0.15) is 18.8 Å². The molecule has 9 heteroatoms. The highest BCUT2D eigenvalue weighted by Crippen LogP contribution is 2.33. The van der Waals surface area contributed by atoms with E-state index in [1.807, 2.05) is 30.3 Å². The Morgan fingerprint density at radius 2 is 1.78 bits per heavy atom. The van der Waals surface area contributed by atoms with E-state index in [0.29, 0.717) is 0 Å². The Morgan fingerprint density at radius 3 is 2.37 bits per heavy atom. The van der Waals surface area contributed by atoms with Crippen molar-refractivity contribution >= 4 is 18.1 Å². The van der Waals surface area contributed by atoms with Gasteiger partial charge in [0, 0.05) is 13.8 Å². The molecule has 0 radical (unpaired) electrons. The molecule has 9 nitrogen and oxygen atoms in total. The average molecular weight is 380 g/mol. The van der Waals surface area contributed by atoms with E-state index in [1.54, 1.807) is 0 Å². The first-order valence-corrected chi connectivity index (χ1v) is 8.43. The minimum absolute atomic E-state index is 0.0473. The number of benzene rings is 1. The lowest BCUT2D eigenvalue weighted by molar-refractivity contribution is -0.198. The molecule has 146 valence electrons. The van der Waals surface area contributed by atoms with Gasteiger partial charge >= 0.3 is 18.1 Å². The van der Waals surface area contributed by atoms with Crippen LogP contribution in [0.15, 0.2) is 30.3 Å². The van der Waals surface area contributed by atoms with Gasteiger partial charge in [-0.15, -0.1) is 0 Å². The maximum Gasteiger partial charge on any atom is 0.508 e. The van der Waals surface area contributed by atoms with Gasteiger partial charge < -0.3 is 28.4 Å². The van der Waals surface area contributed by atoms with Crippen LogP contribution in [0.3, 0.4) is 0 Å². The summed E-state index contributed by atoms with van der Waals surface area (Å²) in [5.74, 6) is -1.20. The lowest BCUT2D eigenvalue weighted by Gasteiger charge is -2.25. The molecule has 0 bridgehead atoms. The highest BCUT2D eigenvalue weighted by Gasteiger charge is 2.55. The number of hydrogen-bond acceptors (Lipinski definition) is 9. The van der Waals surface area contributed by atoms with Crippen LogP contribution >= 0.6 is 0 Å². The summed E-state index contributed by atoms with van der Waals surface area (Å²) in [5, 5.41) is 0. The van der Waals surface area contributed by atoms with Gasteiger partial charge in [-0.1, -0.05) is 30.3 Å². The van der Waals surface area contributed by atoms with Crippen molar-refractivity contribution < 1.29 is 42.8 Å². The number of hydrogen-bond donors (Lipinski definition) is 0. The fourth-order valence-electron chi connectivity index (χ4n) is 2.98. The number of carbonyl (C=O) groups excluding carboxylic acids is 3. The van der Waals surface area contributed by atoms with Crippen molar-refractivity contribution in [2.45, 2.75) is 51.2 Å². The Labute approximate surface area is 155 Å². The van der Waals surface area contributed by atoms with Crippen LogP contribution < -0.4 is 0 Å². The molecule has 2 aliphatic heterocycles. The summed E-state index contributed by atoms with van der Waals surface area (Å²) in [5.41, 5.74) is 0.883. The third kappa shape index (κ3) is 4.75. The van der Waals surface area contributed by atoms with E-state index in [-0.39, 0.29) is 13.2 Å². The first kappa shape index (κ1) is 19.1. The Morgan fingerprint density at radius 1 is 1.07 bits per heavy atom. The minimum atomic E-state index is -1.18. The zero-order valence-electron chi connectivity index (χ0n) is 14.9. The molecule has 2 saturated heterocycles. The second-order valence-electron chi connectivity index (χ2n) is 6.13. The van der Waals surface area contributed by atoms with Crippen molar-refractivity contribution in [3.05, 3.63) is 35.9 Å². The van der Waals surface area contributed by atoms with Crippen molar-refractivity contribution in [2.75, 3.05) is 6.61 Å². The van der Waals surface area contributed by atoms with Gasteiger partial charge in [-0.2, -0.15) is 0 Å². The van der Waals surface area contributed by atoms with Crippen LogP contribution in [-0.2, 0) is 44.6 Å². The maximum absolute atomic E-state index is 11.5. The molecule has 1 aromatic rings. The molecule has 2 fully saturated rings. The van der Waals surface area contributed by atoms with E-state index < -0.39 is 48.8 Å². The lowest BCUT2D eigenvalue weighted by Crippen LogP contribution is -2.44. The summed E-state index contributed by atoms with van der Waals surface area (Å²) in [6.07, 6.45) is -5.48. The lowest BCUT2D eigenvalue weighted by atomic mass is 10.1. The summed E-state index contributed by atoms with van der Waals surface area (Å²) >= 11 is 0. The Bertz CT molecular complexity index is 689. The van der Waals surface area contributed by atoms with E-state index in [9.17, 15) is 14.4 Å². The summed E-state index contributed by atoms with van der Waals surface area (Å²) in [6.45, 7) is 2.58. The number of carbonyl (C=O) groups is 3. The third-order valence-electron chi connectivity index (χ3n) is 4.06. The van der Waals surface area contributed by atoms with Crippen LogP contribution in [0.2, 0.25) is 0 Å². The van der Waals surface area contributed by atoms with Crippen molar-refractivity contribution in [3.8, 4) is 0 Å². The van der Waals surface area contributed by atoms with E-state index in [1.165, 1.54) is 13.8 Å². The van der Waals surface area contributed by atoms with Gasteiger partial charge in [-0.05, 0) is 5.56 Å². The molecule has 0 spiro atoms. The Balaban J connectivity index is 1.81. The molecule has 1 aromatic carbocycles. The van der Waals surface area contributed by atoms with Crippen LogP contribution in [0.25, 0.3) is 0 Å². The van der Waals surface area contributed by atoms with Crippen molar-refractivity contribution in [1.82, 2.24) is 0 Å². The SMILES string of the molecule is CC(=O)O[C@H]1O[C@H]([C@H]2COC(=O)O2)[C@H](OCc2ccccc2)[C@H]1OC(C)=O. The summed E-state index contributed by atoms with van der Waals surface area (Å²) in [4.78, 5) is 34.3. The van der Waals surface area contributed by atoms with Crippen molar-refractivity contribution in [2.24, 2.45) is 0 Å². The second-order valence-corrected chi connectivity index (χ2v) is 6.13. The topological polar surface area (TPSA) is 107 Å². The summed E-state index contributed by atoms with van der Waals surface area (Å²) in [7, 11) is 0. The molecule has 0 aliphatic carbocycles. The molecule has 2 heterocycles. The van der Waals surface area contributed by atoms with Gasteiger partial charge in [0.2, 0.25) is 6.29 Å². The van der Waals surface area contributed by atoms with Crippen LogP contribution in [0.5, 0.6) is 0 Å². The monoisotopic (exact) mass is 380 g/mol. The molecule has 3 rings (SSSR count). The smallest absolute Gasteiger partial charge is 0.453 e. The quantitative estimate of drug-likeness (QED) is 0.533. The molecule has 0 amide bonds. The Kier molecular flexibility index (Phi) is 5.92. The first-order valence-electron chi connectivity index (χ1n) is 8.43. The Hall–Kier alpha value is -2.65. The highest BCUT2D eigenvalue weighted by molar-refractivity contribution is 5.67. The summed E-state index contributed by atoms with van der Waals surface area (Å²) in [6, 6.07) is 9.33. The predicted molar refractivity (Wildman–Crippen MR) is 87.2 cm³/mol. The first-order chi connectivity index (χ1) is 12.9. The molecule has 27 heavy (non-hydrogen) atoms. The summed E-state index contributed by atoms with van der Waals surface area (Å²) < 4.78 is 32.0. The number of cyclic esters (lactones) is 2. The fourth-order valence-corrected chi connectivity index (χ4v) is 2.98. The number of rotatable bonds is 6. The van der Waals surface area contributed by atoms with Gasteiger partial charge in [0.15, 0.2) is 12.2 Å². The molecular weight excluding hydrogens is 360 g/mol. The standard InChI is InChI=1S/C18H20O9/c1-10(19)24-16-15(22-8-12-6-4-3-5-7-12)14(13-9-23-18(21)26-13)27-17(16)25-11(2)20/h3-7,13-17H,8-9H2,1-2H3/t13-,14-,15+,16-,17+/m1/s1. The van der Waals surface area contributed by atoms with Crippen molar-refractivity contribution in [1.29, 1.82) is 0 Å². The van der Waals surface area contributed by atoms with Gasteiger partial charge in [-0.3, -0.25) is 9.59 Å². The fraction of sp³-hybridized carbons (Fsp3) is 0.500. The molecular formula is C18H20O9. The zero-order valence-corrected chi connectivity index (χ0v) is 14.9. The van der Waals surface area contributed by atoms with Crippen molar-refractivity contribution in [3.63, 3.8) is 0 Å². The maximum atomic E-state index is 11.5. The second kappa shape index (κ2) is 8.36. The zero-order chi connectivity index (χ0) is 19.4. The molecule has 2 aliphatic rings. The van der Waals surface area contributed by atoms with Crippen LogP contribution in [0.1, 0.15) is 19.4 Å². The molecule has 0 unspecified atom stereocenters. The molecule has 0 N–H and O–H groups in total. The molecule has 5 atom stereocenters. The molecule has 0 aromatic heterocycles. The van der Waals surface area contributed by atoms with Crippen LogP contribution in [-0.4, -0.2) is 55.4 Å². The van der Waals surface area contributed by atoms with Gasteiger partial charge in [0.05, 0.1) is 6.61 Å². The van der Waals surface area contributed by atoms with E-state index in [0.717, 1.165) is 5.56 Å². The number of ether oxygens (including phenoxy) is 6. The van der Waals surface area contributed by atoms with Crippen LogP contribution in [0.4, 0.5) is 4.79 Å². The average Bonchev–Trinajstić information content (AvgIpc) is 3.18. The largest absolute Gasteiger partial charge is 0.508 e. The predicted octanol–water partition coefficient (Wildman–Crippen LogP) is 1.33. The number of esters is 2. The highest BCUT2D eigenvalue weighted by atomic mass is 16.8. The van der Waals surface area contributed by atoms with Gasteiger partial charge in [0.25, 0.3) is 0 Å².